The first-order valence-corrected chi connectivity index (χ1v) is 6.56. The van der Waals surface area contributed by atoms with E-state index in [1.165, 1.54) is 5.56 Å². The first kappa shape index (κ1) is 12.1. The number of likely N-dealkylation sites (N-methyl/N-ethyl adjacent to an activating group) is 1. The zero-order valence-corrected chi connectivity index (χ0v) is 11.0. The predicted octanol–water partition coefficient (Wildman–Crippen LogP) is 2.23. The third-order valence-corrected chi connectivity index (χ3v) is 3.52. The first-order valence-electron chi connectivity index (χ1n) is 6.56. The number of hydrogen-bond donors (Lipinski definition) is 1. The zero-order chi connectivity index (χ0) is 13.1. The lowest BCUT2D eigenvalue weighted by atomic mass is 9.90. The van der Waals surface area contributed by atoms with Crippen molar-refractivity contribution in [1.29, 1.82) is 0 Å². The van der Waals surface area contributed by atoms with Crippen LogP contribution in [0.1, 0.15) is 17.9 Å². The van der Waals surface area contributed by atoms with Crippen LogP contribution >= 0.6 is 0 Å². The summed E-state index contributed by atoms with van der Waals surface area (Å²) >= 11 is 0. The lowest BCUT2D eigenvalue weighted by Gasteiger charge is -2.27. The molecule has 0 saturated carbocycles. The molecule has 1 unspecified atom stereocenters. The number of ether oxygens (including phenoxy) is 1. The average Bonchev–Trinajstić information content (AvgIpc) is 2.48. The number of para-hydroxylation sites is 1. The Morgan fingerprint density at radius 1 is 1.32 bits per heavy atom. The van der Waals surface area contributed by atoms with E-state index < -0.39 is 0 Å². The summed E-state index contributed by atoms with van der Waals surface area (Å²) in [6, 6.07) is 6.31. The highest BCUT2D eigenvalue weighted by atomic mass is 16.5. The fraction of sp³-hybridized carbons (Fsp3) is 0.333. The van der Waals surface area contributed by atoms with Crippen molar-refractivity contribution in [3.8, 4) is 16.9 Å². The number of fused-ring (bicyclic) bond motifs is 1. The molecule has 1 aliphatic rings. The van der Waals surface area contributed by atoms with Crippen LogP contribution in [0.25, 0.3) is 11.1 Å². The second-order valence-corrected chi connectivity index (χ2v) is 4.74. The number of hydrogen-bond acceptors (Lipinski definition) is 4. The van der Waals surface area contributed by atoms with Gasteiger partial charge in [-0.05, 0) is 19.0 Å². The van der Waals surface area contributed by atoms with Crippen molar-refractivity contribution in [2.45, 2.75) is 12.3 Å². The van der Waals surface area contributed by atoms with Crippen LogP contribution in [0.5, 0.6) is 5.75 Å². The molecule has 0 aliphatic carbocycles. The number of benzene rings is 1. The molecule has 2 heterocycles. The van der Waals surface area contributed by atoms with Crippen molar-refractivity contribution in [1.82, 2.24) is 15.3 Å². The number of aromatic nitrogens is 2. The van der Waals surface area contributed by atoms with Gasteiger partial charge in [0.05, 0.1) is 6.61 Å². The normalized spacial score (nSPS) is 17.6. The third kappa shape index (κ3) is 2.31. The molecule has 1 aliphatic heterocycles. The fourth-order valence-corrected chi connectivity index (χ4v) is 2.62. The molecule has 1 atom stereocenters. The van der Waals surface area contributed by atoms with E-state index in [-0.39, 0.29) is 0 Å². The Balaban J connectivity index is 2.06. The van der Waals surface area contributed by atoms with Gasteiger partial charge in [0, 0.05) is 36.0 Å². The van der Waals surface area contributed by atoms with E-state index in [9.17, 15) is 0 Å². The van der Waals surface area contributed by atoms with Crippen molar-refractivity contribution >= 4 is 0 Å². The van der Waals surface area contributed by atoms with E-state index in [0.717, 1.165) is 36.4 Å². The molecule has 0 spiro atoms. The van der Waals surface area contributed by atoms with Gasteiger partial charge in [-0.1, -0.05) is 18.2 Å². The van der Waals surface area contributed by atoms with Gasteiger partial charge in [-0.2, -0.15) is 0 Å². The van der Waals surface area contributed by atoms with Gasteiger partial charge in [0.25, 0.3) is 0 Å². The van der Waals surface area contributed by atoms with Crippen LogP contribution in [-0.4, -0.2) is 30.2 Å². The topological polar surface area (TPSA) is 47.0 Å². The molecular formula is C15H17N3O. The van der Waals surface area contributed by atoms with Crippen LogP contribution in [0.4, 0.5) is 0 Å². The second kappa shape index (κ2) is 5.36. The quantitative estimate of drug-likeness (QED) is 0.913. The third-order valence-electron chi connectivity index (χ3n) is 3.52. The second-order valence-electron chi connectivity index (χ2n) is 4.74. The number of rotatable bonds is 3. The monoisotopic (exact) mass is 255 g/mol. The lowest BCUT2D eigenvalue weighted by Crippen LogP contribution is -2.23. The standard InChI is InChI=1S/C15H17N3O/c1-16-7-11-5-6-19-15-13(11)3-2-4-14(15)12-8-17-10-18-9-12/h2-4,8-11,16H,5-7H2,1H3. The Kier molecular flexibility index (Phi) is 3.42. The molecule has 98 valence electrons. The molecule has 4 heteroatoms. The summed E-state index contributed by atoms with van der Waals surface area (Å²) in [5.74, 6) is 1.50. The van der Waals surface area contributed by atoms with Crippen LogP contribution in [0, 0.1) is 0 Å². The van der Waals surface area contributed by atoms with Crippen LogP contribution in [0.2, 0.25) is 0 Å². The summed E-state index contributed by atoms with van der Waals surface area (Å²) in [6.45, 7) is 1.75. The average molecular weight is 255 g/mol. The summed E-state index contributed by atoms with van der Waals surface area (Å²) in [5.41, 5.74) is 3.37. The van der Waals surface area contributed by atoms with Crippen LogP contribution in [0.3, 0.4) is 0 Å². The smallest absolute Gasteiger partial charge is 0.130 e. The van der Waals surface area contributed by atoms with Gasteiger partial charge in [0.1, 0.15) is 12.1 Å². The van der Waals surface area contributed by atoms with E-state index in [0.29, 0.717) is 5.92 Å². The minimum Gasteiger partial charge on any atom is -0.493 e. The highest BCUT2D eigenvalue weighted by molar-refractivity contribution is 5.71. The Bertz CT molecular complexity index is 557. The summed E-state index contributed by atoms with van der Waals surface area (Å²) in [4.78, 5) is 8.17. The van der Waals surface area contributed by atoms with Crippen molar-refractivity contribution in [2.75, 3.05) is 20.2 Å². The van der Waals surface area contributed by atoms with Gasteiger partial charge >= 0.3 is 0 Å². The lowest BCUT2D eigenvalue weighted by molar-refractivity contribution is 0.267. The molecule has 2 aromatic rings. The molecule has 3 rings (SSSR count). The maximum Gasteiger partial charge on any atom is 0.130 e. The Morgan fingerprint density at radius 3 is 2.95 bits per heavy atom. The van der Waals surface area contributed by atoms with E-state index in [1.807, 2.05) is 19.4 Å². The summed E-state index contributed by atoms with van der Waals surface area (Å²) < 4.78 is 5.90. The van der Waals surface area contributed by atoms with Gasteiger partial charge in [-0.3, -0.25) is 0 Å². The predicted molar refractivity (Wildman–Crippen MR) is 74.2 cm³/mol. The van der Waals surface area contributed by atoms with Gasteiger partial charge in [0.2, 0.25) is 0 Å². The molecule has 0 amide bonds. The minimum atomic E-state index is 0.512. The van der Waals surface area contributed by atoms with Crippen LogP contribution in [0.15, 0.2) is 36.9 Å². The van der Waals surface area contributed by atoms with Gasteiger partial charge in [-0.15, -0.1) is 0 Å². The highest BCUT2D eigenvalue weighted by Crippen LogP contribution is 2.40. The first-order chi connectivity index (χ1) is 9.40. The maximum atomic E-state index is 5.90. The SMILES string of the molecule is CNCC1CCOc2c(-c3cncnc3)cccc21. The molecule has 0 fully saturated rings. The van der Waals surface area contributed by atoms with Crippen molar-refractivity contribution < 1.29 is 4.74 Å². The molecule has 0 saturated heterocycles. The van der Waals surface area contributed by atoms with Gasteiger partial charge in [0.15, 0.2) is 0 Å². The summed E-state index contributed by atoms with van der Waals surface area (Å²) in [5, 5.41) is 3.26. The van der Waals surface area contributed by atoms with Crippen LogP contribution in [-0.2, 0) is 0 Å². The molecular weight excluding hydrogens is 238 g/mol. The number of nitrogens with zero attached hydrogens (tertiary/aromatic N) is 2. The Morgan fingerprint density at radius 2 is 2.16 bits per heavy atom. The number of nitrogens with one attached hydrogen (secondary N) is 1. The summed E-state index contributed by atoms with van der Waals surface area (Å²) in [6.07, 6.45) is 6.26. The Hall–Kier alpha value is -1.94. The van der Waals surface area contributed by atoms with E-state index in [4.69, 9.17) is 4.74 Å². The maximum absolute atomic E-state index is 5.90. The minimum absolute atomic E-state index is 0.512. The zero-order valence-electron chi connectivity index (χ0n) is 11.0. The van der Waals surface area contributed by atoms with Gasteiger partial charge in [-0.25, -0.2) is 9.97 Å². The van der Waals surface area contributed by atoms with E-state index in [2.05, 4.69) is 33.5 Å². The van der Waals surface area contributed by atoms with Crippen molar-refractivity contribution in [2.24, 2.45) is 0 Å². The highest BCUT2D eigenvalue weighted by Gasteiger charge is 2.23. The molecule has 1 aromatic heterocycles. The molecule has 0 bridgehead atoms. The van der Waals surface area contributed by atoms with Crippen molar-refractivity contribution in [3.63, 3.8) is 0 Å². The van der Waals surface area contributed by atoms with Crippen molar-refractivity contribution in [3.05, 3.63) is 42.5 Å². The van der Waals surface area contributed by atoms with E-state index >= 15 is 0 Å². The largest absolute Gasteiger partial charge is 0.493 e. The Labute approximate surface area is 112 Å². The molecule has 4 nitrogen and oxygen atoms in total. The van der Waals surface area contributed by atoms with Gasteiger partial charge < -0.3 is 10.1 Å². The molecule has 0 radical (unpaired) electrons. The van der Waals surface area contributed by atoms with Crippen LogP contribution < -0.4 is 10.1 Å². The molecule has 1 N–H and O–H groups in total. The molecule has 19 heavy (non-hydrogen) atoms. The van der Waals surface area contributed by atoms with E-state index in [1.54, 1.807) is 6.33 Å². The fourth-order valence-electron chi connectivity index (χ4n) is 2.62. The summed E-state index contributed by atoms with van der Waals surface area (Å²) in [7, 11) is 1.99. The molecule has 1 aromatic carbocycles.